The summed E-state index contributed by atoms with van der Waals surface area (Å²) in [5.74, 6) is 1.41. The van der Waals surface area contributed by atoms with E-state index in [1.165, 1.54) is 19.9 Å². The summed E-state index contributed by atoms with van der Waals surface area (Å²) in [5, 5.41) is 9.46. The molecule has 0 aliphatic heterocycles. The molecule has 192 valence electrons. The molecule has 0 amide bonds. The summed E-state index contributed by atoms with van der Waals surface area (Å²) >= 11 is 0. The molecule has 0 atom stereocenters. The number of aliphatic hydroxyl groups is 1. The van der Waals surface area contributed by atoms with E-state index in [4.69, 9.17) is 14.6 Å². The Morgan fingerprint density at radius 2 is 1.68 bits per heavy atom. The van der Waals surface area contributed by atoms with Gasteiger partial charge in [-0.3, -0.25) is 9.78 Å². The Bertz CT molecular complexity index is 1520. The average molecular weight is 676 g/mol. The Balaban J connectivity index is 0.000000422. The van der Waals surface area contributed by atoms with Gasteiger partial charge in [0.15, 0.2) is 5.78 Å². The van der Waals surface area contributed by atoms with E-state index < -0.39 is 0 Å². The number of para-hydroxylation sites is 1. The number of fused-ring (bicyclic) bond motifs is 3. The fourth-order valence-electron chi connectivity index (χ4n) is 3.98. The summed E-state index contributed by atoms with van der Waals surface area (Å²) in [5.41, 5.74) is 5.58. The number of allylic oxidation sites excluding steroid dienone is 2. The number of carbonyl (C=O) groups is 1. The maximum Gasteiger partial charge on any atom is 0.155 e. The number of aliphatic hydroxyl groups excluding tert-OH is 1. The molecule has 0 aliphatic rings. The maximum absolute atomic E-state index is 10.0. The Morgan fingerprint density at radius 1 is 0.946 bits per heavy atom. The molecule has 37 heavy (non-hydrogen) atoms. The Kier molecular flexibility index (Phi) is 9.20. The Hall–Kier alpha value is -3.96. The maximum atomic E-state index is 10.0. The van der Waals surface area contributed by atoms with E-state index in [1.807, 2.05) is 48.7 Å². The van der Waals surface area contributed by atoms with E-state index in [2.05, 4.69) is 38.8 Å². The number of pyridine rings is 2. The third-order valence-electron chi connectivity index (χ3n) is 5.43. The van der Waals surface area contributed by atoms with Gasteiger partial charge in [0.1, 0.15) is 5.75 Å². The van der Waals surface area contributed by atoms with Crippen LogP contribution in [-0.2, 0) is 25.9 Å². The predicted molar refractivity (Wildman–Crippen MR) is 141 cm³/mol. The van der Waals surface area contributed by atoms with Crippen molar-refractivity contribution < 1.29 is 40.4 Å². The molecule has 0 radical (unpaired) electrons. The standard InChI is InChI=1S/C24H18N3O2.C5H8O2.Pt/c1-28-16-9-10-18(20-14-17(29-2)11-13-25-20)23(15-16)27-21-7-4-3-6-19(21)24-22(27)8-5-12-26-24;1-4(6)3-5(2)7;/h3-9,11-15H,1-2H3;3,6H,1-2H3;/q-1;;/b;4-3-;. The molecule has 2 aromatic carbocycles. The molecule has 3 heterocycles. The Morgan fingerprint density at radius 3 is 2.35 bits per heavy atom. The van der Waals surface area contributed by atoms with Crippen molar-refractivity contribution in [1.29, 1.82) is 0 Å². The van der Waals surface area contributed by atoms with Gasteiger partial charge in [0, 0.05) is 56.2 Å². The zero-order valence-electron chi connectivity index (χ0n) is 20.8. The summed E-state index contributed by atoms with van der Waals surface area (Å²) in [6.45, 7) is 2.85. The summed E-state index contributed by atoms with van der Waals surface area (Å²) in [6.07, 6.45) is 4.73. The second kappa shape index (κ2) is 12.3. The summed E-state index contributed by atoms with van der Waals surface area (Å²) in [6, 6.07) is 23.2. The van der Waals surface area contributed by atoms with Crippen molar-refractivity contribution in [2.75, 3.05) is 14.2 Å². The van der Waals surface area contributed by atoms with Crippen LogP contribution in [0.25, 0.3) is 38.9 Å². The van der Waals surface area contributed by atoms with Crippen LogP contribution in [0.1, 0.15) is 13.8 Å². The summed E-state index contributed by atoms with van der Waals surface area (Å²) in [7, 11) is 3.31. The average Bonchev–Trinajstić information content (AvgIpc) is 3.22. The van der Waals surface area contributed by atoms with Crippen LogP contribution >= 0.6 is 0 Å². The zero-order valence-corrected chi connectivity index (χ0v) is 23.1. The van der Waals surface area contributed by atoms with Gasteiger partial charge < -0.3 is 24.1 Å². The predicted octanol–water partition coefficient (Wildman–Crippen LogP) is 6.09. The number of carbonyl (C=O) groups excluding carboxylic acids is 1. The number of ether oxygens (including phenoxy) is 2. The molecule has 8 heteroatoms. The second-order valence-electron chi connectivity index (χ2n) is 8.00. The van der Waals surface area contributed by atoms with Crippen molar-refractivity contribution in [2.24, 2.45) is 0 Å². The van der Waals surface area contributed by atoms with Crippen molar-refractivity contribution in [1.82, 2.24) is 14.5 Å². The molecule has 0 unspecified atom stereocenters. The van der Waals surface area contributed by atoms with Crippen molar-refractivity contribution in [3.63, 3.8) is 0 Å². The third kappa shape index (κ3) is 6.07. The first kappa shape index (κ1) is 27.6. The number of hydrogen-bond donors (Lipinski definition) is 1. The number of benzene rings is 2. The largest absolute Gasteiger partial charge is 0.540 e. The third-order valence-corrected chi connectivity index (χ3v) is 5.43. The van der Waals surface area contributed by atoms with Crippen molar-refractivity contribution in [3.05, 3.63) is 91.0 Å². The van der Waals surface area contributed by atoms with Crippen molar-refractivity contribution in [2.45, 2.75) is 13.8 Å². The van der Waals surface area contributed by atoms with Crippen LogP contribution in [-0.4, -0.2) is 39.6 Å². The quantitative estimate of drug-likeness (QED) is 0.138. The molecule has 5 rings (SSSR count). The van der Waals surface area contributed by atoms with Crippen LogP contribution in [0.5, 0.6) is 11.5 Å². The molecule has 0 bridgehead atoms. The molecular formula is C29H26N3O4Pt-. The molecule has 0 aliphatic carbocycles. The van der Waals surface area contributed by atoms with Gasteiger partial charge in [-0.2, -0.15) is 0 Å². The molecule has 0 fully saturated rings. The van der Waals surface area contributed by atoms with Crippen LogP contribution < -0.4 is 9.47 Å². The number of nitrogens with zero attached hydrogens (tertiary/aromatic N) is 3. The monoisotopic (exact) mass is 675 g/mol. The van der Waals surface area contributed by atoms with Crippen LogP contribution in [0.15, 0.2) is 84.9 Å². The fourth-order valence-corrected chi connectivity index (χ4v) is 3.98. The fraction of sp³-hybridized carbons (Fsp3) is 0.138. The first-order chi connectivity index (χ1) is 17.4. The minimum absolute atomic E-state index is 0. The number of aromatic nitrogens is 3. The van der Waals surface area contributed by atoms with E-state index in [1.54, 1.807) is 20.4 Å². The van der Waals surface area contributed by atoms with Gasteiger partial charge in [-0.05, 0) is 55.6 Å². The van der Waals surface area contributed by atoms with Crippen molar-refractivity contribution >= 4 is 27.7 Å². The molecule has 1 N–H and O–H groups in total. The summed E-state index contributed by atoms with van der Waals surface area (Å²) < 4.78 is 13.1. The minimum Gasteiger partial charge on any atom is -0.540 e. The van der Waals surface area contributed by atoms with E-state index in [0.717, 1.165) is 50.4 Å². The SMILES string of the molecule is CC(=O)/C=C(/C)O.COc1ccnc(-c2[c-]cc(OC)cc2-n2c3ccccc3c3ncccc32)c1.[Pt]. The first-order valence-corrected chi connectivity index (χ1v) is 11.3. The van der Waals surface area contributed by atoms with Crippen LogP contribution in [0.3, 0.4) is 0 Å². The number of methoxy groups -OCH3 is 2. The van der Waals surface area contributed by atoms with Gasteiger partial charge in [0.05, 0.1) is 31.0 Å². The number of hydrogen-bond acceptors (Lipinski definition) is 6. The van der Waals surface area contributed by atoms with E-state index >= 15 is 0 Å². The Labute approximate surface area is 229 Å². The van der Waals surface area contributed by atoms with E-state index in [-0.39, 0.29) is 32.6 Å². The smallest absolute Gasteiger partial charge is 0.155 e. The van der Waals surface area contributed by atoms with Gasteiger partial charge in [0.25, 0.3) is 0 Å². The molecule has 7 nitrogen and oxygen atoms in total. The van der Waals surface area contributed by atoms with Crippen LogP contribution in [0, 0.1) is 6.07 Å². The second-order valence-corrected chi connectivity index (χ2v) is 8.00. The molecule has 0 saturated carbocycles. The van der Waals surface area contributed by atoms with Crippen LogP contribution in [0.2, 0.25) is 0 Å². The molecule has 0 spiro atoms. The van der Waals surface area contributed by atoms with Gasteiger partial charge in [0.2, 0.25) is 0 Å². The normalized spacial score (nSPS) is 10.9. The van der Waals surface area contributed by atoms with Crippen molar-refractivity contribution in [3.8, 4) is 28.4 Å². The van der Waals surface area contributed by atoms with Gasteiger partial charge >= 0.3 is 0 Å². The van der Waals surface area contributed by atoms with E-state index in [0.29, 0.717) is 0 Å². The topological polar surface area (TPSA) is 86.5 Å². The van der Waals surface area contributed by atoms with Crippen LogP contribution in [0.4, 0.5) is 0 Å². The molecule has 3 aromatic heterocycles. The zero-order chi connectivity index (χ0) is 25.7. The van der Waals surface area contributed by atoms with Gasteiger partial charge in [-0.1, -0.05) is 24.3 Å². The van der Waals surface area contributed by atoms with E-state index in [9.17, 15) is 4.79 Å². The molecule has 0 saturated heterocycles. The van der Waals surface area contributed by atoms with Gasteiger partial charge in [-0.15, -0.1) is 17.7 Å². The number of ketones is 1. The molecule has 5 aromatic rings. The molecular weight excluding hydrogens is 649 g/mol. The first-order valence-electron chi connectivity index (χ1n) is 11.3. The summed E-state index contributed by atoms with van der Waals surface area (Å²) in [4.78, 5) is 19.2. The number of rotatable bonds is 5. The van der Waals surface area contributed by atoms with Gasteiger partial charge in [-0.25, -0.2) is 0 Å². The minimum atomic E-state index is -0.125.